The molecule has 0 unspecified atom stereocenters. The fourth-order valence-corrected chi connectivity index (χ4v) is 5.07. The molecule has 0 N–H and O–H groups in total. The number of benzene rings is 2. The Labute approximate surface area is 185 Å². The summed E-state index contributed by atoms with van der Waals surface area (Å²) < 4.78 is 21.8. The van der Waals surface area contributed by atoms with Crippen molar-refractivity contribution < 1.29 is 8.81 Å². The summed E-state index contributed by atoms with van der Waals surface area (Å²) in [6.07, 6.45) is 5.37. The number of fused-ring (bicyclic) bond motifs is 2. The predicted molar refractivity (Wildman–Crippen MR) is 126 cm³/mol. The van der Waals surface area contributed by atoms with E-state index in [-0.39, 0.29) is 5.82 Å². The molecule has 2 aromatic carbocycles. The van der Waals surface area contributed by atoms with Gasteiger partial charge in [-0.25, -0.2) is 9.37 Å². The van der Waals surface area contributed by atoms with Gasteiger partial charge in [0.05, 0.1) is 5.52 Å². The van der Waals surface area contributed by atoms with Crippen molar-refractivity contribution in [2.45, 2.75) is 31.4 Å². The van der Waals surface area contributed by atoms with E-state index in [0.717, 1.165) is 71.9 Å². The maximum atomic E-state index is 13.6. The van der Waals surface area contributed by atoms with Gasteiger partial charge in [-0.3, -0.25) is 4.90 Å². The van der Waals surface area contributed by atoms with Crippen molar-refractivity contribution in [3.63, 3.8) is 0 Å². The second kappa shape index (κ2) is 8.89. The number of halogens is 1. The third kappa shape index (κ3) is 4.27. The molecule has 31 heavy (non-hydrogen) atoms. The van der Waals surface area contributed by atoms with E-state index in [1.54, 1.807) is 23.9 Å². The molecule has 2 aromatic heterocycles. The molecule has 0 saturated heterocycles. The van der Waals surface area contributed by atoms with E-state index in [4.69, 9.17) is 4.42 Å². The summed E-state index contributed by atoms with van der Waals surface area (Å²) in [6, 6.07) is 15.1. The molecule has 0 saturated carbocycles. The van der Waals surface area contributed by atoms with Crippen LogP contribution in [0.25, 0.3) is 27.7 Å². The van der Waals surface area contributed by atoms with E-state index in [9.17, 15) is 4.39 Å². The molecule has 0 spiro atoms. The first kappa shape index (κ1) is 20.3. The van der Waals surface area contributed by atoms with Crippen LogP contribution in [0.2, 0.25) is 0 Å². The Morgan fingerprint density at radius 2 is 2.06 bits per heavy atom. The van der Waals surface area contributed by atoms with Crippen molar-refractivity contribution in [1.82, 2.24) is 14.5 Å². The summed E-state index contributed by atoms with van der Waals surface area (Å²) in [7, 11) is 0. The maximum Gasteiger partial charge on any atom is 0.256 e. The number of nitrogens with zero attached hydrogens (tertiary/aromatic N) is 3. The van der Waals surface area contributed by atoms with Crippen molar-refractivity contribution >= 4 is 39.5 Å². The van der Waals surface area contributed by atoms with E-state index in [1.807, 2.05) is 30.3 Å². The van der Waals surface area contributed by atoms with E-state index < -0.39 is 0 Å². The predicted octanol–water partition coefficient (Wildman–Crippen LogP) is 6.21. The van der Waals surface area contributed by atoms with Gasteiger partial charge in [0.25, 0.3) is 5.22 Å². The lowest BCUT2D eigenvalue weighted by Gasteiger charge is -2.27. The molecule has 0 bridgehead atoms. The molecule has 0 amide bonds. The monoisotopic (exact) mass is 435 g/mol. The van der Waals surface area contributed by atoms with Crippen molar-refractivity contribution in [2.75, 3.05) is 25.4 Å². The topological polar surface area (TPSA) is 34.2 Å². The molecule has 0 fully saturated rings. The normalized spacial score (nSPS) is 15.1. The van der Waals surface area contributed by atoms with E-state index in [2.05, 4.69) is 33.5 Å². The highest BCUT2D eigenvalue weighted by atomic mass is 32.2. The Kier molecular flexibility index (Phi) is 5.83. The Morgan fingerprint density at radius 3 is 2.87 bits per heavy atom. The zero-order valence-corrected chi connectivity index (χ0v) is 18.5. The van der Waals surface area contributed by atoms with Gasteiger partial charge in [-0.1, -0.05) is 36.9 Å². The van der Waals surface area contributed by atoms with Crippen LogP contribution < -0.4 is 0 Å². The summed E-state index contributed by atoms with van der Waals surface area (Å²) in [5.74, 6) is 0.819. The van der Waals surface area contributed by atoms with E-state index in [0.29, 0.717) is 0 Å². The first-order chi connectivity index (χ1) is 15.2. The highest BCUT2D eigenvalue weighted by Crippen LogP contribution is 2.29. The Balaban J connectivity index is 1.18. The minimum absolute atomic E-state index is 0.174. The summed E-state index contributed by atoms with van der Waals surface area (Å²) in [5, 5.41) is 1.74. The average Bonchev–Trinajstić information content (AvgIpc) is 3.37. The SMILES string of the molecule is CCc1cc2cc(F)ccc2n1C1=CCN(CCCSc2nc3ccccc3o2)CC1. The Morgan fingerprint density at radius 1 is 1.16 bits per heavy atom. The van der Waals surface area contributed by atoms with Crippen molar-refractivity contribution in [3.8, 4) is 0 Å². The number of hydrogen-bond acceptors (Lipinski definition) is 4. The molecule has 4 aromatic rings. The van der Waals surface area contributed by atoms with Gasteiger partial charge < -0.3 is 8.98 Å². The summed E-state index contributed by atoms with van der Waals surface area (Å²) in [6.45, 7) is 5.22. The number of aryl methyl sites for hydroxylation is 1. The number of hydrogen-bond donors (Lipinski definition) is 0. The number of rotatable bonds is 7. The van der Waals surface area contributed by atoms with E-state index >= 15 is 0 Å². The lowest BCUT2D eigenvalue weighted by molar-refractivity contribution is 0.301. The van der Waals surface area contributed by atoms with Crippen LogP contribution in [0.4, 0.5) is 4.39 Å². The summed E-state index contributed by atoms with van der Waals surface area (Å²) in [4.78, 5) is 7.02. The third-order valence-electron chi connectivity index (χ3n) is 5.88. The number of thioether (sulfide) groups is 1. The molecular weight excluding hydrogens is 409 g/mol. The molecule has 1 aliphatic heterocycles. The van der Waals surface area contributed by atoms with Gasteiger partial charge in [-0.15, -0.1) is 0 Å². The quantitative estimate of drug-likeness (QED) is 0.255. The number of oxazole rings is 1. The lowest BCUT2D eigenvalue weighted by Crippen LogP contribution is -2.30. The standard InChI is InChI=1S/C25H26FN3OS/c1-2-20-17-18-16-19(26)8-9-23(18)29(20)21-10-13-28(14-11-21)12-5-15-31-25-27-22-6-3-4-7-24(22)30-25/h3-4,6-10,16-17H,2,5,11-15H2,1H3. The molecule has 160 valence electrons. The molecule has 0 radical (unpaired) electrons. The Hall–Kier alpha value is -2.57. The number of para-hydroxylation sites is 2. The first-order valence-corrected chi connectivity index (χ1v) is 11.9. The smallest absolute Gasteiger partial charge is 0.256 e. The molecule has 0 aliphatic carbocycles. The van der Waals surface area contributed by atoms with Crippen molar-refractivity contribution in [2.24, 2.45) is 0 Å². The molecule has 1 aliphatic rings. The van der Waals surface area contributed by atoms with Crippen molar-refractivity contribution in [3.05, 3.63) is 66.1 Å². The van der Waals surface area contributed by atoms with Crippen LogP contribution in [0, 0.1) is 5.82 Å². The zero-order chi connectivity index (χ0) is 21.2. The van der Waals surface area contributed by atoms with Gasteiger partial charge in [0.15, 0.2) is 5.58 Å². The van der Waals surface area contributed by atoms with Gasteiger partial charge >= 0.3 is 0 Å². The van der Waals surface area contributed by atoms with Crippen LogP contribution in [0.15, 0.2) is 64.2 Å². The van der Waals surface area contributed by atoms with Gasteiger partial charge in [-0.05, 0) is 55.8 Å². The highest BCUT2D eigenvalue weighted by molar-refractivity contribution is 7.99. The molecule has 5 rings (SSSR count). The van der Waals surface area contributed by atoms with Gasteiger partial charge in [0.1, 0.15) is 11.3 Å². The second-order valence-electron chi connectivity index (χ2n) is 7.92. The van der Waals surface area contributed by atoms with Crippen LogP contribution in [0.5, 0.6) is 0 Å². The largest absolute Gasteiger partial charge is 0.431 e. The fraction of sp³-hybridized carbons (Fsp3) is 0.320. The van der Waals surface area contributed by atoms with Crippen LogP contribution in [0.3, 0.4) is 0 Å². The molecule has 6 heteroatoms. The Bertz CT molecular complexity index is 1210. The van der Waals surface area contributed by atoms with E-state index in [1.165, 1.54) is 11.4 Å². The van der Waals surface area contributed by atoms with Crippen LogP contribution in [0.1, 0.15) is 25.5 Å². The fourth-order valence-electron chi connectivity index (χ4n) is 4.31. The van der Waals surface area contributed by atoms with Crippen molar-refractivity contribution in [1.29, 1.82) is 0 Å². The highest BCUT2D eigenvalue weighted by Gasteiger charge is 2.17. The lowest BCUT2D eigenvalue weighted by atomic mass is 10.1. The van der Waals surface area contributed by atoms with Gasteiger partial charge in [0.2, 0.25) is 0 Å². The maximum absolute atomic E-state index is 13.6. The van der Waals surface area contributed by atoms with Crippen LogP contribution in [-0.2, 0) is 6.42 Å². The molecule has 3 heterocycles. The third-order valence-corrected chi connectivity index (χ3v) is 6.79. The minimum atomic E-state index is -0.174. The molecule has 4 nitrogen and oxygen atoms in total. The molecule has 0 atom stereocenters. The molecular formula is C25H26FN3OS. The first-order valence-electron chi connectivity index (χ1n) is 10.9. The van der Waals surface area contributed by atoms with Crippen LogP contribution in [-0.4, -0.2) is 39.8 Å². The second-order valence-corrected chi connectivity index (χ2v) is 8.97. The zero-order valence-electron chi connectivity index (χ0n) is 17.7. The summed E-state index contributed by atoms with van der Waals surface area (Å²) >= 11 is 1.69. The average molecular weight is 436 g/mol. The minimum Gasteiger partial charge on any atom is -0.431 e. The van der Waals surface area contributed by atoms with Gasteiger partial charge in [-0.2, -0.15) is 0 Å². The van der Waals surface area contributed by atoms with Gasteiger partial charge in [0, 0.05) is 42.0 Å². The number of aromatic nitrogens is 2. The van der Waals surface area contributed by atoms with Crippen LogP contribution >= 0.6 is 11.8 Å². The summed E-state index contributed by atoms with van der Waals surface area (Å²) in [5.41, 5.74) is 5.45.